The molecule has 1 aliphatic carbocycles. The van der Waals surface area contributed by atoms with Crippen molar-refractivity contribution in [2.24, 2.45) is 5.92 Å². The van der Waals surface area contributed by atoms with E-state index in [1.807, 2.05) is 6.92 Å². The fourth-order valence-electron chi connectivity index (χ4n) is 2.34. The summed E-state index contributed by atoms with van der Waals surface area (Å²) in [5.41, 5.74) is 0.655. The van der Waals surface area contributed by atoms with E-state index < -0.39 is 15.8 Å². The number of sulfonamides is 1. The van der Waals surface area contributed by atoms with Crippen LogP contribution in [0.15, 0.2) is 17.0 Å². The Bertz CT molecular complexity index is 614. The van der Waals surface area contributed by atoms with Crippen LogP contribution in [-0.4, -0.2) is 25.8 Å². The van der Waals surface area contributed by atoms with Gasteiger partial charge in [-0.3, -0.25) is 0 Å². The van der Waals surface area contributed by atoms with Crippen molar-refractivity contribution in [1.82, 2.24) is 4.31 Å². The average Bonchev–Trinajstić information content (AvgIpc) is 3.25. The molecule has 0 saturated heterocycles. The summed E-state index contributed by atoms with van der Waals surface area (Å²) in [6.45, 7) is 4.44. The highest BCUT2D eigenvalue weighted by Gasteiger charge is 2.32. The number of alkyl halides is 1. The van der Waals surface area contributed by atoms with Crippen LogP contribution in [0.5, 0.6) is 0 Å². The van der Waals surface area contributed by atoms with Gasteiger partial charge < -0.3 is 0 Å². The van der Waals surface area contributed by atoms with Crippen LogP contribution in [0.3, 0.4) is 0 Å². The molecule has 2 rings (SSSR count). The van der Waals surface area contributed by atoms with Crippen molar-refractivity contribution in [1.29, 1.82) is 0 Å². The summed E-state index contributed by atoms with van der Waals surface area (Å²) in [7, 11) is -3.67. The molecule has 118 valence electrons. The topological polar surface area (TPSA) is 37.4 Å². The monoisotopic (exact) mass is 333 g/mol. The zero-order chi connectivity index (χ0) is 15.6. The second kappa shape index (κ2) is 6.63. The van der Waals surface area contributed by atoms with E-state index in [1.165, 1.54) is 23.4 Å². The first-order valence-electron chi connectivity index (χ1n) is 7.25. The van der Waals surface area contributed by atoms with Gasteiger partial charge in [0.1, 0.15) is 5.82 Å². The second-order valence-corrected chi connectivity index (χ2v) is 7.81. The lowest BCUT2D eigenvalue weighted by atomic mass is 10.1. The van der Waals surface area contributed by atoms with Crippen molar-refractivity contribution in [3.8, 4) is 0 Å². The molecule has 0 aromatic heterocycles. The molecule has 0 radical (unpaired) electrons. The number of hydrogen-bond acceptors (Lipinski definition) is 2. The van der Waals surface area contributed by atoms with Crippen LogP contribution in [0, 0.1) is 18.7 Å². The van der Waals surface area contributed by atoms with Gasteiger partial charge in [0.15, 0.2) is 0 Å². The smallest absolute Gasteiger partial charge is 0.207 e. The molecule has 1 aliphatic rings. The molecule has 1 aromatic carbocycles. The summed E-state index contributed by atoms with van der Waals surface area (Å²) in [6.07, 6.45) is 2.89. The van der Waals surface area contributed by atoms with Gasteiger partial charge in [-0.05, 0) is 49.8 Å². The van der Waals surface area contributed by atoms with E-state index in [-0.39, 0.29) is 16.3 Å². The third-order valence-electron chi connectivity index (χ3n) is 3.76. The largest absolute Gasteiger partial charge is 0.243 e. The minimum atomic E-state index is -3.67. The highest BCUT2D eigenvalue weighted by Crippen LogP contribution is 2.33. The summed E-state index contributed by atoms with van der Waals surface area (Å²) < 4.78 is 41.1. The minimum absolute atomic E-state index is 0.0484. The molecule has 0 bridgehead atoms. The van der Waals surface area contributed by atoms with Crippen LogP contribution < -0.4 is 0 Å². The lowest BCUT2D eigenvalue weighted by Gasteiger charge is -2.23. The van der Waals surface area contributed by atoms with Gasteiger partial charge in [0.25, 0.3) is 0 Å². The van der Waals surface area contributed by atoms with Crippen LogP contribution in [-0.2, 0) is 15.9 Å². The summed E-state index contributed by atoms with van der Waals surface area (Å²) >= 11 is 5.73. The molecule has 0 aliphatic heterocycles. The first kappa shape index (κ1) is 16.7. The van der Waals surface area contributed by atoms with Gasteiger partial charge in [0.05, 0.1) is 4.90 Å². The number of benzene rings is 1. The maximum absolute atomic E-state index is 13.9. The Hall–Kier alpha value is -0.650. The Labute approximate surface area is 131 Å². The maximum Gasteiger partial charge on any atom is 0.243 e. The van der Waals surface area contributed by atoms with Crippen molar-refractivity contribution in [2.45, 2.75) is 43.9 Å². The predicted molar refractivity (Wildman–Crippen MR) is 82.5 cm³/mol. The van der Waals surface area contributed by atoms with E-state index in [1.54, 1.807) is 0 Å². The van der Waals surface area contributed by atoms with Gasteiger partial charge in [0, 0.05) is 24.5 Å². The lowest BCUT2D eigenvalue weighted by molar-refractivity contribution is 0.395. The molecule has 0 amide bonds. The molecule has 0 atom stereocenters. The summed E-state index contributed by atoms with van der Waals surface area (Å²) in [5.74, 6) is 0.0260. The SMILES string of the molecule is CCCN(CC1CC1)S(=O)(=O)c1cc(CCl)cc(F)c1C. The van der Waals surface area contributed by atoms with Crippen molar-refractivity contribution < 1.29 is 12.8 Å². The average molecular weight is 334 g/mol. The molecule has 6 heteroatoms. The van der Waals surface area contributed by atoms with Crippen molar-refractivity contribution >= 4 is 21.6 Å². The van der Waals surface area contributed by atoms with Crippen molar-refractivity contribution in [3.05, 3.63) is 29.1 Å². The van der Waals surface area contributed by atoms with E-state index in [0.717, 1.165) is 19.3 Å². The predicted octanol–water partition coefficient (Wildman–Crippen LogP) is 3.68. The number of halogens is 2. The number of rotatable bonds is 7. The molecule has 1 fully saturated rings. The quantitative estimate of drug-likeness (QED) is 0.714. The molecule has 1 aromatic rings. The van der Waals surface area contributed by atoms with E-state index in [2.05, 4.69) is 0 Å². The van der Waals surface area contributed by atoms with Gasteiger partial charge in [-0.1, -0.05) is 6.92 Å². The first-order valence-corrected chi connectivity index (χ1v) is 9.22. The maximum atomic E-state index is 13.9. The Morgan fingerprint density at radius 1 is 1.38 bits per heavy atom. The molecule has 3 nitrogen and oxygen atoms in total. The fraction of sp³-hybridized carbons (Fsp3) is 0.600. The van der Waals surface area contributed by atoms with Crippen molar-refractivity contribution in [2.75, 3.05) is 13.1 Å². The highest BCUT2D eigenvalue weighted by atomic mass is 35.5. The Morgan fingerprint density at radius 3 is 2.57 bits per heavy atom. The summed E-state index contributed by atoms with van der Waals surface area (Å²) in [4.78, 5) is 0.0484. The minimum Gasteiger partial charge on any atom is -0.207 e. The van der Waals surface area contributed by atoms with Crippen LogP contribution in [0.4, 0.5) is 4.39 Å². The van der Waals surface area contributed by atoms with E-state index >= 15 is 0 Å². The van der Waals surface area contributed by atoms with Crippen LogP contribution in [0.1, 0.15) is 37.3 Å². The highest BCUT2D eigenvalue weighted by molar-refractivity contribution is 7.89. The zero-order valence-electron chi connectivity index (χ0n) is 12.4. The standard InChI is InChI=1S/C15H21ClFNO2S/c1-3-6-18(10-12-4-5-12)21(19,20)15-8-13(9-16)7-14(17)11(15)2/h7-8,12H,3-6,9-10H2,1-2H3. The first-order chi connectivity index (χ1) is 9.90. The Balaban J connectivity index is 2.42. The lowest BCUT2D eigenvalue weighted by Crippen LogP contribution is -2.34. The molecule has 1 saturated carbocycles. The van der Waals surface area contributed by atoms with Crippen LogP contribution in [0.2, 0.25) is 0 Å². The third-order valence-corrected chi connectivity index (χ3v) is 6.06. The molecule has 0 N–H and O–H groups in total. The number of nitrogens with zero attached hydrogens (tertiary/aromatic N) is 1. The molecule has 21 heavy (non-hydrogen) atoms. The Morgan fingerprint density at radius 2 is 2.05 bits per heavy atom. The summed E-state index contributed by atoms with van der Waals surface area (Å²) in [6, 6.07) is 2.79. The molecular formula is C15H21ClFNO2S. The second-order valence-electron chi connectivity index (χ2n) is 5.64. The third kappa shape index (κ3) is 3.76. The van der Waals surface area contributed by atoms with Gasteiger partial charge in [-0.25, -0.2) is 12.8 Å². The Kier molecular flexibility index (Phi) is 5.28. The summed E-state index contributed by atoms with van der Waals surface area (Å²) in [5, 5.41) is 0. The molecule has 0 unspecified atom stereocenters. The van der Waals surface area contributed by atoms with Crippen molar-refractivity contribution in [3.63, 3.8) is 0 Å². The van der Waals surface area contributed by atoms with Crippen LogP contribution >= 0.6 is 11.6 Å². The van der Waals surface area contributed by atoms with E-state index in [4.69, 9.17) is 11.6 Å². The van der Waals surface area contributed by atoms with Gasteiger partial charge in [-0.15, -0.1) is 11.6 Å². The molecule has 0 spiro atoms. The fourth-order valence-corrected chi connectivity index (χ4v) is 4.39. The van der Waals surface area contributed by atoms with Crippen LogP contribution in [0.25, 0.3) is 0 Å². The van der Waals surface area contributed by atoms with Gasteiger partial charge in [0.2, 0.25) is 10.0 Å². The van der Waals surface area contributed by atoms with Gasteiger partial charge in [-0.2, -0.15) is 4.31 Å². The normalized spacial score (nSPS) is 15.7. The van der Waals surface area contributed by atoms with Gasteiger partial charge >= 0.3 is 0 Å². The molecular weight excluding hydrogens is 313 g/mol. The van der Waals surface area contributed by atoms with E-state index in [0.29, 0.717) is 24.6 Å². The molecule has 0 heterocycles. The number of hydrogen-bond donors (Lipinski definition) is 0. The zero-order valence-corrected chi connectivity index (χ0v) is 14.0. The van der Waals surface area contributed by atoms with E-state index in [9.17, 15) is 12.8 Å².